The lowest BCUT2D eigenvalue weighted by Gasteiger charge is -2.54. The highest BCUT2D eigenvalue weighted by Crippen LogP contribution is 2.53. The topological polar surface area (TPSA) is 71.3 Å². The zero-order chi connectivity index (χ0) is 31.4. The van der Waals surface area contributed by atoms with Crippen molar-refractivity contribution in [3.8, 4) is 0 Å². The van der Waals surface area contributed by atoms with Crippen LogP contribution in [0.2, 0.25) is 0 Å². The highest BCUT2D eigenvalue weighted by Gasteiger charge is 2.48. The number of aromatic nitrogens is 3. The number of carbonyl (C=O) groups is 2. The summed E-state index contributed by atoms with van der Waals surface area (Å²) < 4.78 is 45.3. The van der Waals surface area contributed by atoms with Gasteiger partial charge < -0.3 is 19.2 Å². The first-order valence-electron chi connectivity index (χ1n) is 15.5. The number of anilines is 1. The van der Waals surface area contributed by atoms with Crippen LogP contribution >= 0.6 is 0 Å². The van der Waals surface area contributed by atoms with E-state index in [-0.39, 0.29) is 34.4 Å². The number of halogens is 3. The van der Waals surface area contributed by atoms with Gasteiger partial charge in [0, 0.05) is 60.3 Å². The van der Waals surface area contributed by atoms with E-state index >= 15 is 0 Å². The van der Waals surface area contributed by atoms with Gasteiger partial charge in [0.25, 0.3) is 5.91 Å². The molecule has 4 aliphatic rings. The van der Waals surface area contributed by atoms with Crippen LogP contribution in [0.4, 0.5) is 18.9 Å². The van der Waals surface area contributed by atoms with Crippen LogP contribution in [-0.2, 0) is 31.0 Å². The monoisotopic (exact) mass is 607 g/mol. The fourth-order valence-electron chi connectivity index (χ4n) is 7.97. The number of carbonyl (C=O) groups excluding carboxylic acids is 2. The van der Waals surface area contributed by atoms with Crippen molar-refractivity contribution in [1.82, 2.24) is 19.7 Å². The maximum absolute atomic E-state index is 14.5. The van der Waals surface area contributed by atoms with Gasteiger partial charge in [0.15, 0.2) is 0 Å². The van der Waals surface area contributed by atoms with Crippen molar-refractivity contribution in [2.45, 2.75) is 71.5 Å². The van der Waals surface area contributed by atoms with Gasteiger partial charge in [-0.05, 0) is 86.8 Å². The third kappa shape index (κ3) is 5.30. The number of amides is 1. The predicted molar refractivity (Wildman–Crippen MR) is 162 cm³/mol. The van der Waals surface area contributed by atoms with Crippen molar-refractivity contribution in [3.63, 3.8) is 0 Å². The molecule has 0 radical (unpaired) electrons. The maximum atomic E-state index is 14.5. The van der Waals surface area contributed by atoms with Gasteiger partial charge in [0.2, 0.25) is 0 Å². The Morgan fingerprint density at radius 2 is 1.89 bits per heavy atom. The standard InChI is InChI=1S/C34H40F3N5O2/c1-5-6-25(11-23(3)33(14-22(2)15-33)16-30-39-38-21-40(30)4)42-17-28-27(31(42)44)12-26(13-29(28)34(35,36)37)41-19-32(20-41)9-7-24(18-43)8-10-32/h5-6,11-13,18,21-22,24H,3,7-10,14-17,19-20H2,1-2,4H3/b6-5-,25-11+/t22-,33-. The molecule has 0 atom stereocenters. The molecule has 0 N–H and O–H groups in total. The summed E-state index contributed by atoms with van der Waals surface area (Å²) in [7, 11) is 1.90. The molecular weight excluding hydrogens is 567 g/mol. The number of nitrogens with zero attached hydrogens (tertiary/aromatic N) is 5. The Morgan fingerprint density at radius 1 is 1.18 bits per heavy atom. The number of rotatable bonds is 8. The molecule has 7 nitrogen and oxygen atoms in total. The van der Waals surface area contributed by atoms with Crippen molar-refractivity contribution in [2.24, 2.45) is 29.7 Å². The van der Waals surface area contributed by atoms with Gasteiger partial charge in [0.1, 0.15) is 18.4 Å². The van der Waals surface area contributed by atoms with Gasteiger partial charge in [-0.3, -0.25) is 4.79 Å². The van der Waals surface area contributed by atoms with Crippen LogP contribution in [0, 0.1) is 22.7 Å². The molecule has 2 aromatic rings. The Morgan fingerprint density at radius 3 is 2.45 bits per heavy atom. The van der Waals surface area contributed by atoms with Crippen molar-refractivity contribution in [3.05, 3.63) is 77.1 Å². The number of aryl methyl sites for hydroxylation is 1. The smallest absolute Gasteiger partial charge is 0.370 e. The largest absolute Gasteiger partial charge is 0.416 e. The highest BCUT2D eigenvalue weighted by molar-refractivity contribution is 6.01. The molecule has 6 rings (SSSR count). The van der Waals surface area contributed by atoms with Crippen LogP contribution in [0.15, 0.2) is 54.5 Å². The van der Waals surface area contributed by atoms with Crippen molar-refractivity contribution in [2.75, 3.05) is 18.0 Å². The molecule has 10 heteroatoms. The molecule has 44 heavy (non-hydrogen) atoms. The van der Waals surface area contributed by atoms with Crippen LogP contribution in [0.5, 0.6) is 0 Å². The van der Waals surface area contributed by atoms with Crippen molar-refractivity contribution >= 4 is 17.9 Å². The average Bonchev–Trinajstić information content (AvgIpc) is 3.51. The number of benzene rings is 1. The van der Waals surface area contributed by atoms with Gasteiger partial charge in [-0.15, -0.1) is 10.2 Å². The summed E-state index contributed by atoms with van der Waals surface area (Å²) in [5.74, 6) is 0.996. The summed E-state index contributed by atoms with van der Waals surface area (Å²) in [4.78, 5) is 28.5. The SMILES string of the molecule is C=C(/C=C(\C=C/C)N1Cc2c(cc(N3CC4(CCC(C=O)CC4)C3)cc2C(F)(F)F)C1=O)[C@]1(Cc2nncn2C)C[C@@H](C)C1. The van der Waals surface area contributed by atoms with E-state index in [1.165, 1.54) is 11.0 Å². The first kappa shape index (κ1) is 30.3. The molecule has 1 amide bonds. The van der Waals surface area contributed by atoms with Crippen molar-refractivity contribution in [1.29, 1.82) is 0 Å². The molecule has 2 aliphatic heterocycles. The second-order valence-electron chi connectivity index (χ2n) is 13.7. The molecular formula is C34H40F3N5O2. The van der Waals surface area contributed by atoms with E-state index in [1.807, 2.05) is 29.5 Å². The first-order valence-corrected chi connectivity index (χ1v) is 15.5. The van der Waals surface area contributed by atoms with E-state index < -0.39 is 17.6 Å². The summed E-state index contributed by atoms with van der Waals surface area (Å²) in [6, 6.07) is 2.85. The lowest BCUT2D eigenvalue weighted by Crippen LogP contribution is -2.58. The second-order valence-corrected chi connectivity index (χ2v) is 13.7. The zero-order valence-electron chi connectivity index (χ0n) is 25.7. The third-order valence-electron chi connectivity index (χ3n) is 10.5. The minimum absolute atomic E-state index is 0.0139. The molecule has 3 heterocycles. The lowest BCUT2D eigenvalue weighted by molar-refractivity contribution is -0.138. The number of alkyl halides is 3. The fourth-order valence-corrected chi connectivity index (χ4v) is 7.97. The Balaban J connectivity index is 1.28. The summed E-state index contributed by atoms with van der Waals surface area (Å²) in [6.45, 7) is 9.55. The molecule has 1 aromatic carbocycles. The Bertz CT molecular complexity index is 1530. The van der Waals surface area contributed by atoms with Crippen LogP contribution in [-0.4, -0.2) is 44.9 Å². The Hall–Kier alpha value is -3.69. The molecule has 1 spiro atoms. The third-order valence-corrected chi connectivity index (χ3v) is 10.5. The van der Waals surface area contributed by atoms with Gasteiger partial charge >= 0.3 is 6.18 Å². The Labute approximate surface area is 256 Å². The van der Waals surface area contributed by atoms with Crippen LogP contribution in [0.3, 0.4) is 0 Å². The summed E-state index contributed by atoms with van der Waals surface area (Å²) in [5, 5.41) is 8.29. The number of allylic oxidation sites excluding steroid dienone is 4. The molecule has 2 aliphatic carbocycles. The van der Waals surface area contributed by atoms with Gasteiger partial charge in [0.05, 0.1) is 12.1 Å². The molecule has 2 saturated carbocycles. The molecule has 3 fully saturated rings. The average molecular weight is 608 g/mol. The summed E-state index contributed by atoms with van der Waals surface area (Å²) in [5.41, 5.74) is 0.939. The fraction of sp³-hybridized carbons (Fsp3) is 0.529. The van der Waals surface area contributed by atoms with Gasteiger partial charge in [-0.25, -0.2) is 0 Å². The molecule has 1 aromatic heterocycles. The minimum Gasteiger partial charge on any atom is -0.370 e. The van der Waals surface area contributed by atoms with Gasteiger partial charge in [-0.2, -0.15) is 13.2 Å². The van der Waals surface area contributed by atoms with E-state index in [2.05, 4.69) is 23.7 Å². The van der Waals surface area contributed by atoms with Crippen LogP contribution in [0.25, 0.3) is 0 Å². The second kappa shape index (κ2) is 11.0. The molecule has 1 saturated heterocycles. The Kier molecular flexibility index (Phi) is 7.61. The highest BCUT2D eigenvalue weighted by atomic mass is 19.4. The van der Waals surface area contributed by atoms with E-state index in [0.29, 0.717) is 36.8 Å². The van der Waals surface area contributed by atoms with E-state index in [9.17, 15) is 22.8 Å². The molecule has 0 bridgehead atoms. The van der Waals surface area contributed by atoms with E-state index in [1.54, 1.807) is 24.5 Å². The molecule has 0 unspecified atom stereocenters. The summed E-state index contributed by atoms with van der Waals surface area (Å²) >= 11 is 0. The number of aldehydes is 1. The van der Waals surface area contributed by atoms with E-state index in [0.717, 1.165) is 56.2 Å². The first-order chi connectivity index (χ1) is 20.9. The van der Waals surface area contributed by atoms with Gasteiger partial charge in [-0.1, -0.05) is 19.6 Å². The van der Waals surface area contributed by atoms with Crippen LogP contribution in [0.1, 0.15) is 79.7 Å². The quantitative estimate of drug-likeness (QED) is 0.248. The van der Waals surface area contributed by atoms with E-state index in [4.69, 9.17) is 0 Å². The van der Waals surface area contributed by atoms with Crippen LogP contribution < -0.4 is 4.90 Å². The minimum atomic E-state index is -4.60. The normalized spacial score (nSPS) is 25.4. The maximum Gasteiger partial charge on any atom is 0.416 e. The van der Waals surface area contributed by atoms with Crippen molar-refractivity contribution < 1.29 is 22.8 Å². The predicted octanol–water partition coefficient (Wildman–Crippen LogP) is 6.66. The molecule has 234 valence electrons. The lowest BCUT2D eigenvalue weighted by atomic mass is 9.57. The summed E-state index contributed by atoms with van der Waals surface area (Å²) in [6.07, 6.45) is 9.43. The zero-order valence-corrected chi connectivity index (χ0v) is 25.7. The number of hydrogen-bond donors (Lipinski definition) is 0. The number of fused-ring (bicyclic) bond motifs is 1. The number of hydrogen-bond acceptors (Lipinski definition) is 5.